The van der Waals surface area contributed by atoms with E-state index in [1.165, 1.54) is 30.3 Å². The number of aliphatic carboxylic acids is 1. The SMILES string of the molecule is CC[C@H](C)[C@H](NC(=O)Cc1ccccc1F)C(=O)N[C@]1(C(=O)O)CCc2[nH]c3c(C(F)(F)F)cccc3c2C1. The fourth-order valence-corrected chi connectivity index (χ4v) is 5.10. The highest BCUT2D eigenvalue weighted by atomic mass is 19.4. The number of aryl methyl sites for hydroxylation is 1. The standard InChI is InChI=1S/C28H29F4N3O4/c1-3-15(2)23(34-22(36)13-16-7-4-5-10-20(16)29)25(37)35-27(26(38)39)12-11-21-18(14-27)17-8-6-9-19(24(17)33-21)28(30,31)32/h4-10,15,23,33H,3,11-14H2,1-2H3,(H,34,36)(H,35,37)(H,38,39)/t15-,23-,27+/m0/s1. The molecule has 0 bridgehead atoms. The van der Waals surface area contributed by atoms with Gasteiger partial charge >= 0.3 is 12.1 Å². The lowest BCUT2D eigenvalue weighted by Crippen LogP contribution is -2.62. The molecule has 0 aliphatic heterocycles. The molecule has 1 heterocycles. The van der Waals surface area contributed by atoms with Gasteiger partial charge in [-0.2, -0.15) is 13.2 Å². The van der Waals surface area contributed by atoms with Crippen LogP contribution in [0.2, 0.25) is 0 Å². The Balaban J connectivity index is 1.60. The summed E-state index contributed by atoms with van der Waals surface area (Å²) >= 11 is 0. The number of H-pyrrole nitrogens is 1. The number of nitrogens with one attached hydrogen (secondary N) is 3. The van der Waals surface area contributed by atoms with Crippen molar-refractivity contribution in [3.8, 4) is 0 Å². The molecular formula is C28H29F4N3O4. The molecule has 0 radical (unpaired) electrons. The van der Waals surface area contributed by atoms with Gasteiger partial charge in [0.1, 0.15) is 17.4 Å². The van der Waals surface area contributed by atoms with E-state index in [9.17, 15) is 37.1 Å². The van der Waals surface area contributed by atoms with E-state index in [0.29, 0.717) is 17.7 Å². The van der Waals surface area contributed by atoms with Gasteiger partial charge in [0.2, 0.25) is 11.8 Å². The molecule has 208 valence electrons. The van der Waals surface area contributed by atoms with Gasteiger partial charge in [-0.05, 0) is 42.0 Å². The fourth-order valence-electron chi connectivity index (χ4n) is 5.10. The molecule has 2 aromatic carbocycles. The van der Waals surface area contributed by atoms with Crippen molar-refractivity contribution in [2.24, 2.45) is 5.92 Å². The number of fused-ring (bicyclic) bond motifs is 3. The van der Waals surface area contributed by atoms with Crippen molar-refractivity contribution in [3.05, 3.63) is 70.7 Å². The molecule has 4 N–H and O–H groups in total. The van der Waals surface area contributed by atoms with E-state index in [4.69, 9.17) is 0 Å². The summed E-state index contributed by atoms with van der Waals surface area (Å²) in [7, 11) is 0. The Morgan fingerprint density at radius 2 is 1.85 bits per heavy atom. The number of alkyl halides is 3. The van der Waals surface area contributed by atoms with E-state index < -0.39 is 46.9 Å². The number of hydrogen-bond acceptors (Lipinski definition) is 3. The molecule has 0 saturated heterocycles. The highest BCUT2D eigenvalue weighted by Crippen LogP contribution is 2.40. The largest absolute Gasteiger partial charge is 0.479 e. The van der Waals surface area contributed by atoms with Crippen LogP contribution in [-0.2, 0) is 39.8 Å². The van der Waals surface area contributed by atoms with E-state index in [0.717, 1.165) is 6.07 Å². The number of para-hydroxylation sites is 1. The molecular weight excluding hydrogens is 518 g/mol. The Kier molecular flexibility index (Phi) is 7.72. The maximum atomic E-state index is 14.0. The Bertz CT molecular complexity index is 1420. The zero-order valence-electron chi connectivity index (χ0n) is 21.4. The topological polar surface area (TPSA) is 111 Å². The second-order valence-corrected chi connectivity index (χ2v) is 10.1. The molecule has 3 atom stereocenters. The average molecular weight is 548 g/mol. The summed E-state index contributed by atoms with van der Waals surface area (Å²) in [5.74, 6) is -3.61. The number of carbonyl (C=O) groups excluding carboxylic acids is 2. The molecule has 11 heteroatoms. The van der Waals surface area contributed by atoms with Crippen LogP contribution in [0.15, 0.2) is 42.5 Å². The lowest BCUT2D eigenvalue weighted by atomic mass is 9.79. The van der Waals surface area contributed by atoms with Crippen molar-refractivity contribution < 1.29 is 37.1 Å². The highest BCUT2D eigenvalue weighted by Gasteiger charge is 2.46. The number of rotatable bonds is 8. The summed E-state index contributed by atoms with van der Waals surface area (Å²) in [6, 6.07) is 8.36. The van der Waals surface area contributed by atoms with Crippen LogP contribution in [0.4, 0.5) is 17.6 Å². The third-order valence-electron chi connectivity index (χ3n) is 7.51. The second-order valence-electron chi connectivity index (χ2n) is 10.1. The van der Waals surface area contributed by atoms with E-state index >= 15 is 0 Å². The van der Waals surface area contributed by atoms with Crippen LogP contribution in [0.25, 0.3) is 10.9 Å². The lowest BCUT2D eigenvalue weighted by Gasteiger charge is -2.36. The molecule has 1 aliphatic rings. The van der Waals surface area contributed by atoms with Gasteiger partial charge in [0.15, 0.2) is 0 Å². The molecule has 7 nitrogen and oxygen atoms in total. The van der Waals surface area contributed by atoms with Crippen LogP contribution in [-0.4, -0.2) is 39.5 Å². The zero-order valence-corrected chi connectivity index (χ0v) is 21.4. The van der Waals surface area contributed by atoms with Crippen LogP contribution >= 0.6 is 0 Å². The number of amides is 2. The van der Waals surface area contributed by atoms with E-state index in [2.05, 4.69) is 15.6 Å². The third-order valence-corrected chi connectivity index (χ3v) is 7.51. The normalized spacial score (nSPS) is 18.7. The first-order valence-electron chi connectivity index (χ1n) is 12.6. The van der Waals surface area contributed by atoms with Gasteiger partial charge in [-0.25, -0.2) is 9.18 Å². The number of carboxylic acid groups (broad SMARTS) is 1. The fraction of sp³-hybridized carbons (Fsp3) is 0.393. The minimum Gasteiger partial charge on any atom is -0.479 e. The summed E-state index contributed by atoms with van der Waals surface area (Å²) in [6.45, 7) is 3.52. The van der Waals surface area contributed by atoms with Crippen molar-refractivity contribution >= 4 is 28.7 Å². The number of hydrogen-bond donors (Lipinski definition) is 4. The molecule has 1 aliphatic carbocycles. The predicted octanol–water partition coefficient (Wildman–Crippen LogP) is 4.53. The number of aromatic nitrogens is 1. The molecule has 39 heavy (non-hydrogen) atoms. The van der Waals surface area contributed by atoms with Gasteiger partial charge < -0.3 is 20.7 Å². The molecule has 0 spiro atoms. The Morgan fingerprint density at radius 3 is 2.49 bits per heavy atom. The van der Waals surface area contributed by atoms with Gasteiger partial charge in [0.25, 0.3) is 0 Å². The minimum atomic E-state index is -4.60. The summed E-state index contributed by atoms with van der Waals surface area (Å²) in [6.07, 6.45) is -4.63. The first kappa shape index (κ1) is 28.1. The van der Waals surface area contributed by atoms with Gasteiger partial charge in [-0.3, -0.25) is 9.59 Å². The Hall–Kier alpha value is -3.89. The summed E-state index contributed by atoms with van der Waals surface area (Å²) in [4.78, 5) is 41.5. The van der Waals surface area contributed by atoms with Crippen molar-refractivity contribution in [2.45, 2.75) is 63.7 Å². The number of carbonyl (C=O) groups is 3. The van der Waals surface area contributed by atoms with E-state index in [1.807, 2.05) is 0 Å². The van der Waals surface area contributed by atoms with Gasteiger partial charge in [0, 0.05) is 17.5 Å². The van der Waals surface area contributed by atoms with Crippen LogP contribution in [0.5, 0.6) is 0 Å². The molecule has 2 amide bonds. The lowest BCUT2D eigenvalue weighted by molar-refractivity contribution is -0.149. The summed E-state index contributed by atoms with van der Waals surface area (Å²) in [5.41, 5.74) is -1.74. The maximum absolute atomic E-state index is 14.0. The molecule has 3 aromatic rings. The quantitative estimate of drug-likeness (QED) is 0.311. The van der Waals surface area contributed by atoms with Crippen LogP contribution in [0, 0.1) is 11.7 Å². The van der Waals surface area contributed by atoms with Gasteiger partial charge in [-0.1, -0.05) is 50.6 Å². The molecule has 0 fully saturated rings. The summed E-state index contributed by atoms with van der Waals surface area (Å²) in [5, 5.41) is 15.7. The van der Waals surface area contributed by atoms with Crippen LogP contribution < -0.4 is 10.6 Å². The average Bonchev–Trinajstić information content (AvgIpc) is 3.25. The Labute approximate surface area is 222 Å². The molecule has 4 rings (SSSR count). The molecule has 1 aromatic heterocycles. The highest BCUT2D eigenvalue weighted by molar-refractivity contribution is 5.95. The number of halogens is 4. The first-order valence-corrected chi connectivity index (χ1v) is 12.6. The van der Waals surface area contributed by atoms with Gasteiger partial charge in [0.05, 0.1) is 17.5 Å². The van der Waals surface area contributed by atoms with Gasteiger partial charge in [-0.15, -0.1) is 0 Å². The molecule has 0 unspecified atom stereocenters. The molecule has 0 saturated carbocycles. The van der Waals surface area contributed by atoms with E-state index in [1.54, 1.807) is 19.9 Å². The zero-order chi connectivity index (χ0) is 28.5. The van der Waals surface area contributed by atoms with Crippen molar-refractivity contribution in [2.75, 3.05) is 0 Å². The summed E-state index contributed by atoms with van der Waals surface area (Å²) < 4.78 is 54.7. The van der Waals surface area contributed by atoms with Crippen LogP contribution in [0.3, 0.4) is 0 Å². The number of aromatic amines is 1. The van der Waals surface area contributed by atoms with E-state index in [-0.39, 0.29) is 48.1 Å². The Morgan fingerprint density at radius 1 is 1.13 bits per heavy atom. The number of carboxylic acids is 1. The second kappa shape index (κ2) is 10.7. The van der Waals surface area contributed by atoms with Crippen molar-refractivity contribution in [3.63, 3.8) is 0 Å². The maximum Gasteiger partial charge on any atom is 0.418 e. The first-order chi connectivity index (χ1) is 18.4. The monoisotopic (exact) mass is 547 g/mol. The number of benzene rings is 2. The predicted molar refractivity (Wildman–Crippen MR) is 135 cm³/mol. The smallest absolute Gasteiger partial charge is 0.418 e. The third kappa shape index (κ3) is 5.62. The minimum absolute atomic E-state index is 0.0638. The van der Waals surface area contributed by atoms with Crippen molar-refractivity contribution in [1.82, 2.24) is 15.6 Å². The van der Waals surface area contributed by atoms with Crippen molar-refractivity contribution in [1.29, 1.82) is 0 Å². The van der Waals surface area contributed by atoms with Crippen LogP contribution in [0.1, 0.15) is 49.1 Å².